The lowest BCUT2D eigenvalue weighted by molar-refractivity contribution is 0.731. The number of benzene rings is 2. The lowest BCUT2D eigenvalue weighted by Gasteiger charge is -2.16. The summed E-state index contributed by atoms with van der Waals surface area (Å²) in [6.45, 7) is 6.33. The van der Waals surface area contributed by atoms with Crippen LogP contribution in [-0.4, -0.2) is 9.78 Å². The van der Waals surface area contributed by atoms with Gasteiger partial charge in [-0.15, -0.1) is 0 Å². The SMILES string of the molecule is Cc1nn(C)c(C)c1N[C@H](C)c1ccc2ccccc2c1. The monoisotopic (exact) mass is 279 g/mol. The average Bonchev–Trinajstić information content (AvgIpc) is 2.73. The van der Waals surface area contributed by atoms with Crippen LogP contribution in [0.1, 0.15) is 29.9 Å². The van der Waals surface area contributed by atoms with Gasteiger partial charge in [0.15, 0.2) is 0 Å². The molecular formula is C18H21N3. The number of aromatic nitrogens is 2. The summed E-state index contributed by atoms with van der Waals surface area (Å²) in [5, 5.41) is 10.6. The summed E-state index contributed by atoms with van der Waals surface area (Å²) in [5.41, 5.74) is 4.64. The maximum absolute atomic E-state index is 4.46. The molecule has 2 aromatic carbocycles. The van der Waals surface area contributed by atoms with Gasteiger partial charge in [0.25, 0.3) is 0 Å². The Morgan fingerprint density at radius 1 is 1.05 bits per heavy atom. The molecule has 0 aliphatic rings. The summed E-state index contributed by atoms with van der Waals surface area (Å²) in [6.07, 6.45) is 0. The highest BCUT2D eigenvalue weighted by Crippen LogP contribution is 2.26. The third-order valence-corrected chi connectivity index (χ3v) is 4.14. The zero-order chi connectivity index (χ0) is 15.0. The Kier molecular flexibility index (Phi) is 3.42. The summed E-state index contributed by atoms with van der Waals surface area (Å²) in [4.78, 5) is 0. The number of hydrogen-bond donors (Lipinski definition) is 1. The molecule has 3 nitrogen and oxygen atoms in total. The smallest absolute Gasteiger partial charge is 0.0828 e. The lowest BCUT2D eigenvalue weighted by Crippen LogP contribution is -2.08. The van der Waals surface area contributed by atoms with Crippen molar-refractivity contribution in [3.05, 3.63) is 59.4 Å². The van der Waals surface area contributed by atoms with Crippen molar-refractivity contribution in [2.75, 3.05) is 5.32 Å². The number of nitrogens with one attached hydrogen (secondary N) is 1. The first kappa shape index (κ1) is 13.7. The summed E-state index contributed by atoms with van der Waals surface area (Å²) < 4.78 is 1.92. The van der Waals surface area contributed by atoms with E-state index in [9.17, 15) is 0 Å². The summed E-state index contributed by atoms with van der Waals surface area (Å²) in [6, 6.07) is 15.3. The van der Waals surface area contributed by atoms with E-state index in [-0.39, 0.29) is 6.04 Å². The number of rotatable bonds is 3. The normalized spacial score (nSPS) is 12.6. The minimum Gasteiger partial charge on any atom is -0.376 e. The number of fused-ring (bicyclic) bond motifs is 1. The molecule has 1 N–H and O–H groups in total. The van der Waals surface area contributed by atoms with Crippen molar-refractivity contribution in [2.45, 2.75) is 26.8 Å². The maximum atomic E-state index is 4.46. The van der Waals surface area contributed by atoms with Crippen molar-refractivity contribution in [1.29, 1.82) is 0 Å². The Bertz CT molecular complexity index is 786. The quantitative estimate of drug-likeness (QED) is 0.772. The minimum atomic E-state index is 0.246. The highest BCUT2D eigenvalue weighted by atomic mass is 15.3. The van der Waals surface area contributed by atoms with E-state index >= 15 is 0 Å². The van der Waals surface area contributed by atoms with Gasteiger partial charge in [0.2, 0.25) is 0 Å². The van der Waals surface area contributed by atoms with Crippen LogP contribution in [0.15, 0.2) is 42.5 Å². The van der Waals surface area contributed by atoms with Crippen molar-refractivity contribution in [2.24, 2.45) is 7.05 Å². The molecule has 0 fully saturated rings. The van der Waals surface area contributed by atoms with Crippen LogP contribution in [0.2, 0.25) is 0 Å². The number of nitrogens with zero attached hydrogens (tertiary/aromatic N) is 2. The average molecular weight is 279 g/mol. The summed E-state index contributed by atoms with van der Waals surface area (Å²) in [5.74, 6) is 0. The first-order chi connectivity index (χ1) is 10.1. The van der Waals surface area contributed by atoms with Gasteiger partial charge in [-0.3, -0.25) is 4.68 Å². The molecule has 3 heteroatoms. The van der Waals surface area contributed by atoms with Gasteiger partial charge in [0.05, 0.1) is 17.1 Å². The Labute approximate surface area is 125 Å². The Morgan fingerprint density at radius 2 is 1.76 bits per heavy atom. The van der Waals surface area contributed by atoms with E-state index in [0.29, 0.717) is 0 Å². The van der Waals surface area contributed by atoms with Gasteiger partial charge in [-0.2, -0.15) is 5.10 Å². The van der Waals surface area contributed by atoms with Crippen molar-refractivity contribution in [1.82, 2.24) is 9.78 Å². The molecule has 0 saturated heterocycles. The van der Waals surface area contributed by atoms with Gasteiger partial charge in [0, 0.05) is 13.1 Å². The van der Waals surface area contributed by atoms with Gasteiger partial charge >= 0.3 is 0 Å². The summed E-state index contributed by atoms with van der Waals surface area (Å²) in [7, 11) is 1.98. The molecule has 1 aromatic heterocycles. The van der Waals surface area contributed by atoms with Crippen molar-refractivity contribution in [3.63, 3.8) is 0 Å². The van der Waals surface area contributed by atoms with Crippen LogP contribution in [0.4, 0.5) is 5.69 Å². The van der Waals surface area contributed by atoms with E-state index in [0.717, 1.165) is 11.4 Å². The third-order valence-electron chi connectivity index (χ3n) is 4.14. The van der Waals surface area contributed by atoms with Crippen LogP contribution in [-0.2, 0) is 7.05 Å². The van der Waals surface area contributed by atoms with Gasteiger partial charge in [0.1, 0.15) is 0 Å². The second kappa shape index (κ2) is 5.24. The van der Waals surface area contributed by atoms with Crippen LogP contribution in [0.3, 0.4) is 0 Å². The van der Waals surface area contributed by atoms with Crippen LogP contribution in [0.25, 0.3) is 10.8 Å². The Morgan fingerprint density at radius 3 is 2.43 bits per heavy atom. The van der Waals surface area contributed by atoms with E-state index in [1.165, 1.54) is 22.0 Å². The van der Waals surface area contributed by atoms with Crippen LogP contribution >= 0.6 is 0 Å². The van der Waals surface area contributed by atoms with Crippen molar-refractivity contribution in [3.8, 4) is 0 Å². The first-order valence-electron chi connectivity index (χ1n) is 7.31. The molecule has 108 valence electrons. The third kappa shape index (κ3) is 2.51. The molecule has 21 heavy (non-hydrogen) atoms. The van der Waals surface area contributed by atoms with Gasteiger partial charge in [-0.05, 0) is 43.2 Å². The number of aryl methyl sites for hydroxylation is 2. The van der Waals surface area contributed by atoms with E-state index in [4.69, 9.17) is 0 Å². The molecule has 0 amide bonds. The topological polar surface area (TPSA) is 29.9 Å². The van der Waals surface area contributed by atoms with Gasteiger partial charge in [-0.1, -0.05) is 36.4 Å². The zero-order valence-corrected chi connectivity index (χ0v) is 13.0. The predicted molar refractivity (Wildman–Crippen MR) is 88.7 cm³/mol. The lowest BCUT2D eigenvalue weighted by atomic mass is 10.0. The Hall–Kier alpha value is -2.29. The number of hydrogen-bond acceptors (Lipinski definition) is 2. The first-order valence-corrected chi connectivity index (χ1v) is 7.31. The Balaban J connectivity index is 1.91. The predicted octanol–water partition coefficient (Wildman–Crippen LogP) is 4.36. The highest BCUT2D eigenvalue weighted by molar-refractivity contribution is 5.83. The maximum Gasteiger partial charge on any atom is 0.0828 e. The van der Waals surface area contributed by atoms with E-state index in [1.807, 2.05) is 18.7 Å². The van der Waals surface area contributed by atoms with E-state index < -0.39 is 0 Å². The molecule has 0 radical (unpaired) electrons. The molecule has 0 saturated carbocycles. The standard InChI is InChI=1S/C18H21N3/c1-12(19-18-13(2)20-21(4)14(18)3)16-10-9-15-7-5-6-8-17(15)11-16/h5-12,19H,1-4H3/t12-/m1/s1. The zero-order valence-electron chi connectivity index (χ0n) is 13.0. The molecule has 0 unspecified atom stereocenters. The fourth-order valence-electron chi connectivity index (χ4n) is 2.76. The van der Waals surface area contributed by atoms with E-state index in [1.54, 1.807) is 0 Å². The second-order valence-electron chi connectivity index (χ2n) is 5.64. The van der Waals surface area contributed by atoms with Gasteiger partial charge in [-0.25, -0.2) is 0 Å². The molecular weight excluding hydrogens is 258 g/mol. The van der Waals surface area contributed by atoms with Crippen LogP contribution < -0.4 is 5.32 Å². The van der Waals surface area contributed by atoms with Crippen molar-refractivity contribution < 1.29 is 0 Å². The molecule has 1 heterocycles. The second-order valence-corrected chi connectivity index (χ2v) is 5.64. The molecule has 0 spiro atoms. The molecule has 3 rings (SSSR count). The molecule has 0 aliphatic carbocycles. The fraction of sp³-hybridized carbons (Fsp3) is 0.278. The van der Waals surface area contributed by atoms with Crippen LogP contribution in [0, 0.1) is 13.8 Å². The molecule has 0 aliphatic heterocycles. The van der Waals surface area contributed by atoms with Crippen LogP contribution in [0.5, 0.6) is 0 Å². The molecule has 1 atom stereocenters. The largest absolute Gasteiger partial charge is 0.376 e. The molecule has 0 bridgehead atoms. The van der Waals surface area contributed by atoms with E-state index in [2.05, 4.69) is 66.7 Å². The van der Waals surface area contributed by atoms with Gasteiger partial charge < -0.3 is 5.32 Å². The minimum absolute atomic E-state index is 0.246. The summed E-state index contributed by atoms with van der Waals surface area (Å²) >= 11 is 0. The highest BCUT2D eigenvalue weighted by Gasteiger charge is 2.13. The molecule has 3 aromatic rings. The fourth-order valence-corrected chi connectivity index (χ4v) is 2.76. The van der Waals surface area contributed by atoms with Crippen molar-refractivity contribution >= 4 is 16.5 Å². The number of anilines is 1.